The number of nitrogens with zero attached hydrogens (tertiary/aromatic N) is 1. The van der Waals surface area contributed by atoms with Gasteiger partial charge in [0, 0.05) is 0 Å². The third-order valence-corrected chi connectivity index (χ3v) is 2.36. The Bertz CT molecular complexity index is 518. The molecule has 16 heavy (non-hydrogen) atoms. The van der Waals surface area contributed by atoms with Crippen LogP contribution in [-0.4, -0.2) is 10.2 Å². The number of H-pyrrole nitrogens is 1. The fourth-order valence-corrected chi connectivity index (χ4v) is 1.54. The molecule has 0 fully saturated rings. The van der Waals surface area contributed by atoms with Gasteiger partial charge in [-0.1, -0.05) is 25.1 Å². The second-order valence-corrected chi connectivity index (χ2v) is 3.63. The van der Waals surface area contributed by atoms with E-state index in [4.69, 9.17) is 21.4 Å². The Morgan fingerprint density at radius 1 is 1.44 bits per heavy atom. The molecule has 0 saturated heterocycles. The van der Waals surface area contributed by atoms with Crippen molar-refractivity contribution >= 4 is 12.2 Å². The molecule has 1 N–H and O–H groups in total. The van der Waals surface area contributed by atoms with E-state index in [0.717, 1.165) is 17.7 Å². The average molecular weight is 236 g/mol. The Morgan fingerprint density at radius 2 is 2.25 bits per heavy atom. The smallest absolute Gasteiger partial charge is 0.284 e. The van der Waals surface area contributed by atoms with E-state index >= 15 is 0 Å². The summed E-state index contributed by atoms with van der Waals surface area (Å²) in [6.45, 7) is 2.37. The molecule has 0 radical (unpaired) electrons. The first-order chi connectivity index (χ1) is 7.79. The number of benzene rings is 1. The van der Waals surface area contributed by atoms with Gasteiger partial charge >= 0.3 is 0 Å². The zero-order valence-electron chi connectivity index (χ0n) is 8.90. The molecule has 0 amide bonds. The van der Waals surface area contributed by atoms with Crippen molar-refractivity contribution in [2.45, 2.75) is 20.0 Å². The van der Waals surface area contributed by atoms with Crippen molar-refractivity contribution in [3.05, 3.63) is 40.6 Å². The molecular formula is C11H12N2O2S. The molecule has 0 unspecified atom stereocenters. The molecule has 0 aliphatic carbocycles. The summed E-state index contributed by atoms with van der Waals surface area (Å²) in [6.07, 6.45) is 0.931. The molecule has 0 saturated carbocycles. The van der Waals surface area contributed by atoms with E-state index in [1.807, 2.05) is 24.3 Å². The molecule has 5 heteroatoms. The molecule has 2 rings (SSSR count). The van der Waals surface area contributed by atoms with Crippen molar-refractivity contribution in [2.75, 3.05) is 0 Å². The quantitative estimate of drug-likeness (QED) is 0.829. The normalized spacial score (nSPS) is 10.3. The highest BCUT2D eigenvalue weighted by Gasteiger charge is 2.04. The molecular weight excluding hydrogens is 224 g/mol. The van der Waals surface area contributed by atoms with Crippen LogP contribution in [0.2, 0.25) is 0 Å². The molecule has 0 aliphatic heterocycles. The SMILES string of the molecule is CCc1ccccc1OCc1n[nH]c(=S)o1. The van der Waals surface area contributed by atoms with Gasteiger partial charge in [-0.25, -0.2) is 5.10 Å². The fraction of sp³-hybridized carbons (Fsp3) is 0.273. The standard InChI is InChI=1S/C11H12N2O2S/c1-2-8-5-3-4-6-9(8)14-7-10-12-13-11(16)15-10/h3-6H,2,7H2,1H3,(H,13,16). The highest BCUT2D eigenvalue weighted by molar-refractivity contribution is 7.71. The maximum atomic E-state index is 5.60. The van der Waals surface area contributed by atoms with E-state index < -0.39 is 0 Å². The lowest BCUT2D eigenvalue weighted by Gasteiger charge is -2.07. The molecule has 1 aromatic heterocycles. The van der Waals surface area contributed by atoms with Gasteiger partial charge in [0.15, 0.2) is 6.61 Å². The first kappa shape index (κ1) is 10.9. The van der Waals surface area contributed by atoms with Crippen LogP contribution < -0.4 is 4.74 Å². The van der Waals surface area contributed by atoms with Gasteiger partial charge in [-0.05, 0) is 30.3 Å². The van der Waals surface area contributed by atoms with E-state index in [1.54, 1.807) is 0 Å². The molecule has 0 atom stereocenters. The summed E-state index contributed by atoms with van der Waals surface area (Å²) < 4.78 is 10.7. The second-order valence-electron chi connectivity index (χ2n) is 3.26. The van der Waals surface area contributed by atoms with E-state index in [1.165, 1.54) is 0 Å². The number of aromatic amines is 1. The number of aromatic nitrogens is 2. The number of ether oxygens (including phenoxy) is 1. The largest absolute Gasteiger partial charge is 0.484 e. The summed E-state index contributed by atoms with van der Waals surface area (Å²) in [7, 11) is 0. The summed E-state index contributed by atoms with van der Waals surface area (Å²) in [5.74, 6) is 1.31. The zero-order chi connectivity index (χ0) is 11.4. The summed E-state index contributed by atoms with van der Waals surface area (Å²) in [4.78, 5) is 0.266. The number of nitrogens with one attached hydrogen (secondary N) is 1. The lowest BCUT2D eigenvalue weighted by molar-refractivity contribution is 0.259. The highest BCUT2D eigenvalue weighted by atomic mass is 32.1. The molecule has 0 aliphatic rings. The predicted molar refractivity (Wildman–Crippen MR) is 61.8 cm³/mol. The molecule has 4 nitrogen and oxygen atoms in total. The van der Waals surface area contributed by atoms with Crippen LogP contribution in [0.5, 0.6) is 5.75 Å². The van der Waals surface area contributed by atoms with Crippen LogP contribution in [0.25, 0.3) is 0 Å². The van der Waals surface area contributed by atoms with E-state index in [-0.39, 0.29) is 11.4 Å². The molecule has 1 aromatic carbocycles. The average Bonchev–Trinajstić information content (AvgIpc) is 2.73. The molecule has 2 aromatic rings. The topological polar surface area (TPSA) is 51.0 Å². The van der Waals surface area contributed by atoms with Crippen molar-refractivity contribution in [3.8, 4) is 5.75 Å². The summed E-state index contributed by atoms with van der Waals surface area (Å²) in [5, 5.41) is 6.42. The van der Waals surface area contributed by atoms with Crippen molar-refractivity contribution in [1.82, 2.24) is 10.2 Å². The monoisotopic (exact) mass is 236 g/mol. The van der Waals surface area contributed by atoms with Crippen molar-refractivity contribution in [3.63, 3.8) is 0 Å². The Labute approximate surface area is 98.3 Å². The first-order valence-electron chi connectivity index (χ1n) is 5.04. The Hall–Kier alpha value is -1.62. The van der Waals surface area contributed by atoms with Crippen LogP contribution in [0.15, 0.2) is 28.7 Å². The minimum atomic E-state index is 0.266. The van der Waals surface area contributed by atoms with Gasteiger partial charge in [-0.2, -0.15) is 0 Å². The lowest BCUT2D eigenvalue weighted by Crippen LogP contribution is -1.98. The number of rotatable bonds is 4. The highest BCUT2D eigenvalue weighted by Crippen LogP contribution is 2.19. The van der Waals surface area contributed by atoms with Gasteiger partial charge in [-0.3, -0.25) is 0 Å². The van der Waals surface area contributed by atoms with Gasteiger partial charge in [0.05, 0.1) is 0 Å². The van der Waals surface area contributed by atoms with Crippen LogP contribution in [0.3, 0.4) is 0 Å². The Balaban J connectivity index is 2.07. The first-order valence-corrected chi connectivity index (χ1v) is 5.45. The third kappa shape index (κ3) is 2.49. The van der Waals surface area contributed by atoms with Gasteiger partial charge < -0.3 is 9.15 Å². The minimum absolute atomic E-state index is 0.266. The summed E-state index contributed by atoms with van der Waals surface area (Å²) in [6, 6.07) is 7.90. The predicted octanol–water partition coefficient (Wildman–Crippen LogP) is 2.87. The number of hydrogen-bond acceptors (Lipinski definition) is 4. The van der Waals surface area contributed by atoms with Crippen LogP contribution in [-0.2, 0) is 13.0 Å². The second kappa shape index (κ2) is 4.94. The van der Waals surface area contributed by atoms with Crippen molar-refractivity contribution in [2.24, 2.45) is 0 Å². The fourth-order valence-electron chi connectivity index (χ4n) is 1.40. The van der Waals surface area contributed by atoms with Crippen molar-refractivity contribution < 1.29 is 9.15 Å². The maximum absolute atomic E-state index is 5.60. The van der Waals surface area contributed by atoms with E-state index in [0.29, 0.717) is 5.89 Å². The Kier molecular flexibility index (Phi) is 3.36. The van der Waals surface area contributed by atoms with Crippen LogP contribution in [0, 0.1) is 4.84 Å². The lowest BCUT2D eigenvalue weighted by atomic mass is 10.1. The van der Waals surface area contributed by atoms with Crippen LogP contribution in [0.4, 0.5) is 0 Å². The third-order valence-electron chi connectivity index (χ3n) is 2.19. The van der Waals surface area contributed by atoms with Gasteiger partial charge in [-0.15, -0.1) is 5.10 Å². The number of aryl methyl sites for hydroxylation is 1. The molecule has 84 valence electrons. The zero-order valence-corrected chi connectivity index (χ0v) is 9.71. The van der Waals surface area contributed by atoms with Crippen LogP contribution >= 0.6 is 12.2 Å². The van der Waals surface area contributed by atoms with Crippen molar-refractivity contribution in [1.29, 1.82) is 0 Å². The number of hydrogen-bond donors (Lipinski definition) is 1. The van der Waals surface area contributed by atoms with Gasteiger partial charge in [0.25, 0.3) is 10.7 Å². The van der Waals surface area contributed by atoms with E-state index in [2.05, 4.69) is 17.1 Å². The van der Waals surface area contributed by atoms with E-state index in [9.17, 15) is 0 Å². The Morgan fingerprint density at radius 3 is 2.94 bits per heavy atom. The minimum Gasteiger partial charge on any atom is -0.484 e. The molecule has 1 heterocycles. The molecule has 0 bridgehead atoms. The van der Waals surface area contributed by atoms with Crippen LogP contribution in [0.1, 0.15) is 18.4 Å². The summed E-state index contributed by atoms with van der Waals surface area (Å²) >= 11 is 4.77. The summed E-state index contributed by atoms with van der Waals surface area (Å²) in [5.41, 5.74) is 1.16. The molecule has 0 spiro atoms. The number of para-hydroxylation sites is 1. The van der Waals surface area contributed by atoms with Gasteiger partial charge in [0.1, 0.15) is 5.75 Å². The maximum Gasteiger partial charge on any atom is 0.284 e. The van der Waals surface area contributed by atoms with Gasteiger partial charge in [0.2, 0.25) is 0 Å².